The second-order valence-corrected chi connectivity index (χ2v) is 4.01. The summed E-state index contributed by atoms with van der Waals surface area (Å²) in [6, 6.07) is 0. The minimum atomic E-state index is 0.559. The molecule has 70 valence electrons. The number of hydrogen-bond donors (Lipinski definition) is 1. The van der Waals surface area contributed by atoms with Crippen LogP contribution in [0.4, 0.5) is 0 Å². The van der Waals surface area contributed by atoms with Crippen molar-refractivity contribution in [2.24, 2.45) is 11.8 Å². The fourth-order valence-electron chi connectivity index (χ4n) is 2.72. The fraction of sp³-hybridized carbons (Fsp3) is 1.00. The van der Waals surface area contributed by atoms with E-state index in [2.05, 4.69) is 12.2 Å². The first-order chi connectivity index (χ1) is 5.92. The molecule has 1 aliphatic carbocycles. The van der Waals surface area contributed by atoms with Gasteiger partial charge in [0, 0.05) is 19.1 Å². The lowest BCUT2D eigenvalue weighted by Gasteiger charge is -2.32. The van der Waals surface area contributed by atoms with Gasteiger partial charge < -0.3 is 10.1 Å². The zero-order valence-corrected chi connectivity index (χ0v) is 7.88. The van der Waals surface area contributed by atoms with Gasteiger partial charge in [0.05, 0.1) is 6.10 Å². The van der Waals surface area contributed by atoms with Gasteiger partial charge in [-0.2, -0.15) is 0 Å². The van der Waals surface area contributed by atoms with Crippen molar-refractivity contribution in [3.05, 3.63) is 0 Å². The smallest absolute Gasteiger partial charge is 0.0618 e. The molecule has 1 aliphatic heterocycles. The van der Waals surface area contributed by atoms with Gasteiger partial charge in [-0.3, -0.25) is 0 Å². The van der Waals surface area contributed by atoms with Gasteiger partial charge in [-0.05, 0) is 32.2 Å². The monoisotopic (exact) mass is 169 g/mol. The predicted molar refractivity (Wildman–Crippen MR) is 49.1 cm³/mol. The quantitative estimate of drug-likeness (QED) is 0.675. The summed E-state index contributed by atoms with van der Waals surface area (Å²) in [5.74, 6) is 1.73. The van der Waals surface area contributed by atoms with Crippen molar-refractivity contribution >= 4 is 0 Å². The minimum absolute atomic E-state index is 0.559. The maximum atomic E-state index is 5.76. The molecular formula is C10H19NO. The zero-order valence-electron chi connectivity index (χ0n) is 7.88. The molecule has 0 radical (unpaired) electrons. The van der Waals surface area contributed by atoms with Crippen LogP contribution in [0.3, 0.4) is 0 Å². The van der Waals surface area contributed by atoms with Crippen molar-refractivity contribution < 1.29 is 4.74 Å². The molecule has 0 spiro atoms. The first-order valence-corrected chi connectivity index (χ1v) is 5.24. The first-order valence-electron chi connectivity index (χ1n) is 5.24. The predicted octanol–water partition coefficient (Wildman–Crippen LogP) is 1.41. The Morgan fingerprint density at radius 3 is 3.08 bits per heavy atom. The fourth-order valence-corrected chi connectivity index (χ4v) is 2.72. The van der Waals surface area contributed by atoms with Gasteiger partial charge in [0.2, 0.25) is 0 Å². The highest BCUT2D eigenvalue weighted by Crippen LogP contribution is 2.34. The van der Waals surface area contributed by atoms with E-state index in [0.717, 1.165) is 18.4 Å². The number of ether oxygens (including phenoxy) is 1. The molecule has 1 N–H and O–H groups in total. The van der Waals surface area contributed by atoms with Crippen LogP contribution in [0.15, 0.2) is 0 Å². The first kappa shape index (κ1) is 8.52. The molecule has 0 bridgehead atoms. The van der Waals surface area contributed by atoms with Gasteiger partial charge in [0.1, 0.15) is 0 Å². The molecule has 0 aromatic heterocycles. The zero-order chi connectivity index (χ0) is 8.39. The van der Waals surface area contributed by atoms with E-state index >= 15 is 0 Å². The Kier molecular flexibility index (Phi) is 2.66. The molecule has 2 rings (SSSR count). The highest BCUT2D eigenvalue weighted by Gasteiger charge is 2.36. The third kappa shape index (κ3) is 1.50. The van der Waals surface area contributed by atoms with E-state index in [-0.39, 0.29) is 0 Å². The molecular weight excluding hydrogens is 150 g/mol. The van der Waals surface area contributed by atoms with Gasteiger partial charge in [0.25, 0.3) is 0 Å². The van der Waals surface area contributed by atoms with E-state index in [9.17, 15) is 0 Å². The van der Waals surface area contributed by atoms with E-state index in [4.69, 9.17) is 4.74 Å². The normalized spacial score (nSPS) is 41.2. The van der Waals surface area contributed by atoms with Crippen LogP contribution >= 0.6 is 0 Å². The summed E-state index contributed by atoms with van der Waals surface area (Å²) in [7, 11) is 0. The van der Waals surface area contributed by atoms with Crippen molar-refractivity contribution in [1.82, 2.24) is 5.32 Å². The van der Waals surface area contributed by atoms with Gasteiger partial charge >= 0.3 is 0 Å². The van der Waals surface area contributed by atoms with Crippen molar-refractivity contribution in [2.45, 2.75) is 32.3 Å². The van der Waals surface area contributed by atoms with Crippen molar-refractivity contribution in [3.8, 4) is 0 Å². The van der Waals surface area contributed by atoms with Crippen LogP contribution < -0.4 is 5.32 Å². The van der Waals surface area contributed by atoms with E-state index in [1.54, 1.807) is 0 Å². The molecule has 3 atom stereocenters. The van der Waals surface area contributed by atoms with Gasteiger partial charge in [-0.15, -0.1) is 0 Å². The van der Waals surface area contributed by atoms with Crippen LogP contribution in [0.1, 0.15) is 26.2 Å². The summed E-state index contributed by atoms with van der Waals surface area (Å²) >= 11 is 0. The molecule has 0 aromatic rings. The van der Waals surface area contributed by atoms with Crippen LogP contribution in [0.5, 0.6) is 0 Å². The van der Waals surface area contributed by atoms with E-state index in [1.165, 1.54) is 32.4 Å². The molecule has 2 aliphatic rings. The maximum Gasteiger partial charge on any atom is 0.0618 e. The average molecular weight is 169 g/mol. The lowest BCUT2D eigenvalue weighted by atomic mass is 9.79. The summed E-state index contributed by atoms with van der Waals surface area (Å²) < 4.78 is 5.76. The van der Waals surface area contributed by atoms with Crippen molar-refractivity contribution in [1.29, 1.82) is 0 Å². The third-order valence-corrected chi connectivity index (χ3v) is 3.31. The summed E-state index contributed by atoms with van der Waals surface area (Å²) in [4.78, 5) is 0. The summed E-state index contributed by atoms with van der Waals surface area (Å²) in [5.41, 5.74) is 0. The van der Waals surface area contributed by atoms with Gasteiger partial charge in [0.15, 0.2) is 0 Å². The molecule has 12 heavy (non-hydrogen) atoms. The molecule has 1 saturated carbocycles. The molecule has 0 amide bonds. The Hall–Kier alpha value is -0.0800. The Morgan fingerprint density at radius 1 is 1.33 bits per heavy atom. The molecule has 2 nitrogen and oxygen atoms in total. The Morgan fingerprint density at radius 2 is 2.25 bits per heavy atom. The number of fused-ring (bicyclic) bond motifs is 1. The number of hydrogen-bond acceptors (Lipinski definition) is 2. The van der Waals surface area contributed by atoms with E-state index in [1.807, 2.05) is 0 Å². The van der Waals surface area contributed by atoms with Crippen LogP contribution in [0.2, 0.25) is 0 Å². The third-order valence-electron chi connectivity index (χ3n) is 3.31. The van der Waals surface area contributed by atoms with Crippen molar-refractivity contribution in [2.75, 3.05) is 19.7 Å². The lowest BCUT2D eigenvalue weighted by molar-refractivity contribution is -0.0123. The molecule has 3 unspecified atom stereocenters. The second-order valence-electron chi connectivity index (χ2n) is 4.01. The molecule has 2 fully saturated rings. The topological polar surface area (TPSA) is 21.3 Å². The van der Waals surface area contributed by atoms with E-state index in [0.29, 0.717) is 6.10 Å². The highest BCUT2D eigenvalue weighted by molar-refractivity contribution is 4.90. The summed E-state index contributed by atoms with van der Waals surface area (Å²) in [6.07, 6.45) is 4.63. The molecule has 2 heteroatoms. The Labute approximate surface area is 74.7 Å². The number of nitrogens with one attached hydrogen (secondary N) is 1. The van der Waals surface area contributed by atoms with Crippen LogP contribution in [-0.2, 0) is 4.74 Å². The second kappa shape index (κ2) is 3.75. The maximum absolute atomic E-state index is 5.76. The molecule has 1 saturated heterocycles. The van der Waals surface area contributed by atoms with Crippen LogP contribution in [0.25, 0.3) is 0 Å². The Balaban J connectivity index is 1.94. The molecule has 0 aromatic carbocycles. The van der Waals surface area contributed by atoms with E-state index < -0.39 is 0 Å². The highest BCUT2D eigenvalue weighted by atomic mass is 16.5. The standard InChI is InChI=1S/C10H19NO/c1-2-12-10-5-3-4-8-6-11-7-9(8)10/h8-11H,2-7H2,1H3. The van der Waals surface area contributed by atoms with Crippen molar-refractivity contribution in [3.63, 3.8) is 0 Å². The minimum Gasteiger partial charge on any atom is -0.378 e. The van der Waals surface area contributed by atoms with Gasteiger partial charge in [-0.1, -0.05) is 6.42 Å². The number of rotatable bonds is 2. The summed E-state index contributed by atoms with van der Waals surface area (Å²) in [6.45, 7) is 5.41. The lowest BCUT2D eigenvalue weighted by Crippen LogP contribution is -2.33. The van der Waals surface area contributed by atoms with Gasteiger partial charge in [-0.25, -0.2) is 0 Å². The van der Waals surface area contributed by atoms with Crippen LogP contribution in [-0.4, -0.2) is 25.8 Å². The SMILES string of the molecule is CCOC1CCCC2CNCC21. The summed E-state index contributed by atoms with van der Waals surface area (Å²) in [5, 5.41) is 3.47. The average Bonchev–Trinajstić information content (AvgIpc) is 2.53. The Bertz CT molecular complexity index is 147. The van der Waals surface area contributed by atoms with Crippen LogP contribution in [0, 0.1) is 11.8 Å². The molecule has 1 heterocycles. The largest absolute Gasteiger partial charge is 0.378 e.